The zero-order valence-electron chi connectivity index (χ0n) is 12.4. The van der Waals surface area contributed by atoms with Crippen LogP contribution in [0.25, 0.3) is 0 Å². The number of hydrogen-bond acceptors (Lipinski definition) is 3. The second-order valence-electron chi connectivity index (χ2n) is 5.35. The number of benzene rings is 1. The highest BCUT2D eigenvalue weighted by molar-refractivity contribution is 5.68. The number of nitrogens with zero attached hydrogens (tertiary/aromatic N) is 1. The molecule has 1 aromatic rings. The topological polar surface area (TPSA) is 41.6 Å². The first kappa shape index (κ1) is 14.9. The number of nitrogens with one attached hydrogen (secondary N) is 1. The lowest BCUT2D eigenvalue weighted by Gasteiger charge is -2.45. The smallest absolute Gasteiger partial charge is 0.409 e. The zero-order chi connectivity index (χ0) is 14.4. The highest BCUT2D eigenvalue weighted by Crippen LogP contribution is 2.31. The van der Waals surface area contributed by atoms with Gasteiger partial charge in [0, 0.05) is 6.54 Å². The lowest BCUT2D eigenvalue weighted by molar-refractivity contribution is 0.0464. The Kier molecular flexibility index (Phi) is 5.01. The van der Waals surface area contributed by atoms with E-state index < -0.39 is 0 Å². The summed E-state index contributed by atoms with van der Waals surface area (Å²) in [4.78, 5) is 14.0. The molecule has 0 radical (unpaired) electrons. The predicted molar refractivity (Wildman–Crippen MR) is 79.8 cm³/mol. The van der Waals surface area contributed by atoms with Crippen LogP contribution in [0.15, 0.2) is 30.3 Å². The Hall–Kier alpha value is -1.55. The number of piperidine rings is 1. The second-order valence-corrected chi connectivity index (χ2v) is 5.35. The average molecular weight is 276 g/mol. The van der Waals surface area contributed by atoms with Gasteiger partial charge >= 0.3 is 6.09 Å². The summed E-state index contributed by atoms with van der Waals surface area (Å²) in [7, 11) is 1.46. The monoisotopic (exact) mass is 276 g/mol. The van der Waals surface area contributed by atoms with E-state index in [1.807, 2.05) is 17.9 Å². The van der Waals surface area contributed by atoms with Gasteiger partial charge in [-0.3, -0.25) is 0 Å². The first-order chi connectivity index (χ1) is 9.72. The first-order valence-corrected chi connectivity index (χ1v) is 7.32. The third kappa shape index (κ3) is 3.12. The van der Waals surface area contributed by atoms with E-state index >= 15 is 0 Å². The molecule has 1 aromatic carbocycles. The van der Waals surface area contributed by atoms with Crippen LogP contribution < -0.4 is 5.32 Å². The van der Waals surface area contributed by atoms with Gasteiger partial charge in [0.25, 0.3) is 0 Å². The van der Waals surface area contributed by atoms with Crippen LogP contribution in [-0.2, 0) is 11.2 Å². The summed E-state index contributed by atoms with van der Waals surface area (Å²) in [5.74, 6) is 0. The number of amides is 1. The Morgan fingerprint density at radius 3 is 2.50 bits per heavy atom. The minimum absolute atomic E-state index is 0.131. The van der Waals surface area contributed by atoms with Crippen molar-refractivity contribution in [1.29, 1.82) is 0 Å². The summed E-state index contributed by atoms with van der Waals surface area (Å²) < 4.78 is 4.99. The van der Waals surface area contributed by atoms with Gasteiger partial charge < -0.3 is 15.0 Å². The Balaban J connectivity index is 2.26. The number of hydrogen-bond donors (Lipinski definition) is 1. The maximum Gasteiger partial charge on any atom is 0.409 e. The molecule has 2 rings (SSSR count). The van der Waals surface area contributed by atoms with E-state index in [0.29, 0.717) is 6.54 Å². The van der Waals surface area contributed by atoms with Crippen molar-refractivity contribution in [1.82, 2.24) is 10.2 Å². The zero-order valence-corrected chi connectivity index (χ0v) is 12.4. The lowest BCUT2D eigenvalue weighted by atomic mass is 9.81. The van der Waals surface area contributed by atoms with E-state index in [1.165, 1.54) is 12.7 Å². The fourth-order valence-electron chi connectivity index (χ4n) is 3.18. The maximum atomic E-state index is 12.1. The molecule has 0 bridgehead atoms. The van der Waals surface area contributed by atoms with Gasteiger partial charge in [0.1, 0.15) is 0 Å². The van der Waals surface area contributed by atoms with Crippen LogP contribution in [0.1, 0.15) is 25.3 Å². The first-order valence-electron chi connectivity index (χ1n) is 7.32. The fourth-order valence-corrected chi connectivity index (χ4v) is 3.18. The number of carbonyl (C=O) groups excluding carboxylic acids is 1. The number of rotatable bonds is 4. The van der Waals surface area contributed by atoms with Crippen molar-refractivity contribution in [2.45, 2.75) is 31.7 Å². The molecule has 0 aliphatic carbocycles. The van der Waals surface area contributed by atoms with Crippen molar-refractivity contribution < 1.29 is 9.53 Å². The molecule has 20 heavy (non-hydrogen) atoms. The van der Waals surface area contributed by atoms with Crippen LogP contribution in [0, 0.1) is 0 Å². The van der Waals surface area contributed by atoms with Crippen molar-refractivity contribution in [2.24, 2.45) is 0 Å². The molecule has 0 atom stereocenters. The molecule has 4 heteroatoms. The van der Waals surface area contributed by atoms with Crippen LogP contribution in [0.2, 0.25) is 0 Å². The molecule has 0 saturated carbocycles. The molecule has 1 fully saturated rings. The predicted octanol–water partition coefficient (Wildman–Crippen LogP) is 2.44. The van der Waals surface area contributed by atoms with Gasteiger partial charge in [-0.25, -0.2) is 4.79 Å². The molecule has 1 saturated heterocycles. The molecule has 1 heterocycles. The Morgan fingerprint density at radius 2 is 1.95 bits per heavy atom. The summed E-state index contributed by atoms with van der Waals surface area (Å²) in [6.45, 7) is 4.59. The quantitative estimate of drug-likeness (QED) is 0.918. The van der Waals surface area contributed by atoms with E-state index in [2.05, 4.69) is 29.6 Å². The highest BCUT2D eigenvalue weighted by Gasteiger charge is 2.40. The number of carbonyl (C=O) groups is 1. The van der Waals surface area contributed by atoms with Crippen molar-refractivity contribution in [3.63, 3.8) is 0 Å². The number of methoxy groups -OCH3 is 1. The maximum absolute atomic E-state index is 12.1. The van der Waals surface area contributed by atoms with Crippen molar-refractivity contribution in [2.75, 3.05) is 26.7 Å². The van der Waals surface area contributed by atoms with Crippen molar-refractivity contribution in [3.05, 3.63) is 35.9 Å². The van der Waals surface area contributed by atoms with Crippen molar-refractivity contribution in [3.8, 4) is 0 Å². The molecule has 0 aromatic heterocycles. The van der Waals surface area contributed by atoms with Crippen LogP contribution in [0.5, 0.6) is 0 Å². The summed E-state index contributed by atoms with van der Waals surface area (Å²) in [6.07, 6.45) is 2.60. The molecule has 110 valence electrons. The third-order valence-electron chi connectivity index (χ3n) is 4.19. The van der Waals surface area contributed by atoms with E-state index in [1.54, 1.807) is 0 Å². The Bertz CT molecular complexity index is 427. The van der Waals surface area contributed by atoms with Gasteiger partial charge in [0.2, 0.25) is 0 Å². The van der Waals surface area contributed by atoms with Crippen LogP contribution in [0.4, 0.5) is 4.79 Å². The fraction of sp³-hybridized carbons (Fsp3) is 0.562. The van der Waals surface area contributed by atoms with E-state index in [-0.39, 0.29) is 11.6 Å². The van der Waals surface area contributed by atoms with Crippen LogP contribution >= 0.6 is 0 Å². The van der Waals surface area contributed by atoms with Crippen LogP contribution in [0.3, 0.4) is 0 Å². The van der Waals surface area contributed by atoms with Gasteiger partial charge in [0.05, 0.1) is 12.6 Å². The molecule has 1 aliphatic rings. The third-order valence-corrected chi connectivity index (χ3v) is 4.19. The van der Waals surface area contributed by atoms with Gasteiger partial charge in [-0.05, 0) is 44.8 Å². The van der Waals surface area contributed by atoms with Gasteiger partial charge in [0.15, 0.2) is 0 Å². The molecular weight excluding hydrogens is 252 g/mol. The standard InChI is InChI=1S/C16H24N2O2/c1-3-18(15(19)20-2)16(9-11-17-12-10-16)13-14-7-5-4-6-8-14/h4-8,17H,3,9-13H2,1-2H3. The summed E-state index contributed by atoms with van der Waals surface area (Å²) >= 11 is 0. The Morgan fingerprint density at radius 1 is 1.30 bits per heavy atom. The molecule has 1 aliphatic heterocycles. The van der Waals surface area contributed by atoms with Crippen LogP contribution in [-0.4, -0.2) is 43.3 Å². The van der Waals surface area contributed by atoms with Gasteiger partial charge in [-0.2, -0.15) is 0 Å². The van der Waals surface area contributed by atoms with Gasteiger partial charge in [-0.1, -0.05) is 30.3 Å². The van der Waals surface area contributed by atoms with E-state index in [0.717, 1.165) is 32.4 Å². The van der Waals surface area contributed by atoms with Gasteiger partial charge in [-0.15, -0.1) is 0 Å². The van der Waals surface area contributed by atoms with E-state index in [9.17, 15) is 4.79 Å². The van der Waals surface area contributed by atoms with Crippen molar-refractivity contribution >= 4 is 6.09 Å². The molecule has 0 spiro atoms. The summed E-state index contributed by atoms with van der Waals surface area (Å²) in [5, 5.41) is 3.38. The number of ether oxygens (including phenoxy) is 1. The molecule has 1 amide bonds. The molecule has 1 N–H and O–H groups in total. The molecule has 4 nitrogen and oxygen atoms in total. The van der Waals surface area contributed by atoms with E-state index in [4.69, 9.17) is 4.74 Å². The molecule has 0 unspecified atom stereocenters. The number of likely N-dealkylation sites (N-methyl/N-ethyl adjacent to an activating group) is 1. The summed E-state index contributed by atoms with van der Waals surface area (Å²) in [5.41, 5.74) is 1.14. The summed E-state index contributed by atoms with van der Waals surface area (Å²) in [6, 6.07) is 10.4. The SMILES string of the molecule is CCN(C(=O)OC)C1(Cc2ccccc2)CCNCC1. The lowest BCUT2D eigenvalue weighted by Crippen LogP contribution is -2.58. The average Bonchev–Trinajstić information content (AvgIpc) is 2.49. The molecular formula is C16H24N2O2. The Labute approximate surface area is 121 Å². The minimum Gasteiger partial charge on any atom is -0.453 e. The second kappa shape index (κ2) is 6.75. The highest BCUT2D eigenvalue weighted by atomic mass is 16.5. The largest absolute Gasteiger partial charge is 0.453 e. The minimum atomic E-state index is -0.217. The normalized spacial score (nSPS) is 17.5.